The molecule has 9 nitrogen and oxygen atoms in total. The molecular weight excluding hydrogens is 492 g/mol. The number of imidazole rings is 1. The summed E-state index contributed by atoms with van der Waals surface area (Å²) in [5.41, 5.74) is 2.14. The molecule has 33 heavy (non-hydrogen) atoms. The molecule has 2 amide bonds. The lowest BCUT2D eigenvalue weighted by Crippen LogP contribution is -2.53. The van der Waals surface area contributed by atoms with Gasteiger partial charge in [0.15, 0.2) is 0 Å². The predicted octanol–water partition coefficient (Wildman–Crippen LogP) is 2.82. The van der Waals surface area contributed by atoms with E-state index in [9.17, 15) is 19.5 Å². The smallest absolute Gasteiger partial charge is 0.408 e. The number of hydrogen-bond donors (Lipinski definition) is 4. The van der Waals surface area contributed by atoms with E-state index in [1.54, 1.807) is 12.1 Å². The summed E-state index contributed by atoms with van der Waals surface area (Å²) in [4.78, 5) is 43.7. The largest absolute Gasteiger partial charge is 0.480 e. The molecule has 2 atom stereocenters. The Labute approximate surface area is 198 Å². The zero-order valence-electron chi connectivity index (χ0n) is 17.5. The third kappa shape index (κ3) is 7.76. The van der Waals surface area contributed by atoms with E-state index in [1.165, 1.54) is 12.5 Å². The van der Waals surface area contributed by atoms with E-state index in [1.807, 2.05) is 42.5 Å². The number of halogens is 1. The van der Waals surface area contributed by atoms with Gasteiger partial charge in [-0.1, -0.05) is 58.4 Å². The zero-order valence-corrected chi connectivity index (χ0v) is 19.1. The standard InChI is InChI=1S/C23H23BrN4O5/c24-17-8-6-16(7-9-17)13-33-23(32)28-19(10-15-4-2-1-3-5-15)21(29)27-20(22(30)31)11-18-12-25-14-26-18/h1-9,12,14,19-20H,10-11,13H2,(H,25,26)(H,27,29)(H,28,32)(H,30,31)/t19-,20-/m0/s1. The van der Waals surface area contributed by atoms with E-state index < -0.39 is 30.1 Å². The van der Waals surface area contributed by atoms with Crippen molar-refractivity contribution < 1.29 is 24.2 Å². The van der Waals surface area contributed by atoms with Crippen LogP contribution in [0, 0.1) is 0 Å². The Morgan fingerprint density at radius 2 is 1.70 bits per heavy atom. The van der Waals surface area contributed by atoms with Crippen LogP contribution < -0.4 is 10.6 Å². The van der Waals surface area contributed by atoms with E-state index in [0.717, 1.165) is 15.6 Å². The minimum absolute atomic E-state index is 0.0210. The average molecular weight is 515 g/mol. The van der Waals surface area contributed by atoms with Gasteiger partial charge in [0, 0.05) is 29.2 Å². The molecule has 0 aliphatic rings. The highest BCUT2D eigenvalue weighted by atomic mass is 79.9. The van der Waals surface area contributed by atoms with Crippen molar-refractivity contribution in [1.29, 1.82) is 0 Å². The highest BCUT2D eigenvalue weighted by molar-refractivity contribution is 9.10. The van der Waals surface area contributed by atoms with Crippen molar-refractivity contribution >= 4 is 33.9 Å². The number of ether oxygens (including phenoxy) is 1. The minimum atomic E-state index is -1.20. The number of carbonyl (C=O) groups is 3. The van der Waals surface area contributed by atoms with E-state index in [-0.39, 0.29) is 19.4 Å². The molecule has 0 radical (unpaired) electrons. The van der Waals surface area contributed by atoms with Gasteiger partial charge in [0.05, 0.1) is 6.33 Å². The molecule has 0 saturated heterocycles. The number of nitrogens with one attached hydrogen (secondary N) is 3. The number of benzene rings is 2. The maximum Gasteiger partial charge on any atom is 0.408 e. The molecule has 0 saturated carbocycles. The van der Waals surface area contributed by atoms with Crippen LogP contribution in [0.15, 0.2) is 71.6 Å². The number of alkyl carbamates (subject to hydrolysis) is 1. The second kappa shape index (κ2) is 11.8. The summed E-state index contributed by atoms with van der Waals surface area (Å²) in [5, 5.41) is 14.6. The van der Waals surface area contributed by atoms with E-state index in [2.05, 4.69) is 36.5 Å². The number of carboxylic acid groups (broad SMARTS) is 1. The number of nitrogens with zero attached hydrogens (tertiary/aromatic N) is 1. The van der Waals surface area contributed by atoms with Crippen LogP contribution in [0.3, 0.4) is 0 Å². The zero-order chi connectivity index (χ0) is 23.6. The molecule has 0 fully saturated rings. The van der Waals surface area contributed by atoms with Crippen molar-refractivity contribution in [3.63, 3.8) is 0 Å². The Bertz CT molecular complexity index is 1060. The van der Waals surface area contributed by atoms with Crippen molar-refractivity contribution in [1.82, 2.24) is 20.6 Å². The first kappa shape index (κ1) is 24.0. The van der Waals surface area contributed by atoms with Crippen LogP contribution in [0.2, 0.25) is 0 Å². The van der Waals surface area contributed by atoms with E-state index in [0.29, 0.717) is 5.69 Å². The predicted molar refractivity (Wildman–Crippen MR) is 123 cm³/mol. The van der Waals surface area contributed by atoms with Gasteiger partial charge in [-0.3, -0.25) is 4.79 Å². The normalized spacial score (nSPS) is 12.4. The maximum absolute atomic E-state index is 13.0. The fourth-order valence-corrected chi connectivity index (χ4v) is 3.33. The second-order valence-electron chi connectivity index (χ2n) is 7.27. The topological polar surface area (TPSA) is 133 Å². The summed E-state index contributed by atoms with van der Waals surface area (Å²) >= 11 is 3.34. The lowest BCUT2D eigenvalue weighted by atomic mass is 10.0. The molecule has 4 N–H and O–H groups in total. The number of carbonyl (C=O) groups excluding carboxylic acids is 2. The Morgan fingerprint density at radius 1 is 0.970 bits per heavy atom. The first-order valence-electron chi connectivity index (χ1n) is 10.1. The highest BCUT2D eigenvalue weighted by Gasteiger charge is 2.27. The summed E-state index contributed by atoms with van der Waals surface area (Å²) in [5.74, 6) is -1.83. The molecule has 172 valence electrons. The van der Waals surface area contributed by atoms with E-state index >= 15 is 0 Å². The second-order valence-corrected chi connectivity index (χ2v) is 8.19. The van der Waals surface area contributed by atoms with Crippen LogP contribution in [-0.2, 0) is 33.8 Å². The van der Waals surface area contributed by atoms with Gasteiger partial charge in [0.1, 0.15) is 18.7 Å². The van der Waals surface area contributed by atoms with Gasteiger partial charge in [-0.2, -0.15) is 0 Å². The van der Waals surface area contributed by atoms with Crippen molar-refractivity contribution in [3.05, 3.63) is 88.4 Å². The Hall–Kier alpha value is -3.66. The Morgan fingerprint density at radius 3 is 2.33 bits per heavy atom. The molecule has 3 aromatic rings. The van der Waals surface area contributed by atoms with Gasteiger partial charge in [-0.25, -0.2) is 14.6 Å². The molecule has 0 bridgehead atoms. The third-order valence-corrected chi connectivity index (χ3v) is 5.30. The number of aromatic nitrogens is 2. The Balaban J connectivity index is 1.66. The van der Waals surface area contributed by atoms with Gasteiger partial charge >= 0.3 is 12.1 Å². The van der Waals surface area contributed by atoms with Gasteiger partial charge in [0.25, 0.3) is 0 Å². The number of aromatic amines is 1. The quantitative estimate of drug-likeness (QED) is 0.328. The van der Waals surface area contributed by atoms with Crippen LogP contribution in [-0.4, -0.2) is 45.1 Å². The molecule has 1 aromatic heterocycles. The molecule has 0 spiro atoms. The lowest BCUT2D eigenvalue weighted by Gasteiger charge is -2.21. The van der Waals surface area contributed by atoms with Crippen molar-refractivity contribution in [2.45, 2.75) is 31.5 Å². The van der Waals surface area contributed by atoms with Crippen molar-refractivity contribution in [2.75, 3.05) is 0 Å². The van der Waals surface area contributed by atoms with Gasteiger partial charge in [-0.15, -0.1) is 0 Å². The molecule has 10 heteroatoms. The van der Waals surface area contributed by atoms with Crippen LogP contribution in [0.1, 0.15) is 16.8 Å². The monoisotopic (exact) mass is 514 g/mol. The van der Waals surface area contributed by atoms with Gasteiger partial charge in [-0.05, 0) is 23.3 Å². The van der Waals surface area contributed by atoms with E-state index in [4.69, 9.17) is 4.74 Å². The summed E-state index contributed by atoms with van der Waals surface area (Å²) in [6, 6.07) is 14.1. The summed E-state index contributed by atoms with van der Waals surface area (Å²) in [7, 11) is 0. The number of amides is 2. The molecule has 0 aliphatic carbocycles. The first-order valence-corrected chi connectivity index (χ1v) is 10.9. The van der Waals surface area contributed by atoms with Crippen LogP contribution in [0.5, 0.6) is 0 Å². The number of H-pyrrole nitrogens is 1. The molecule has 3 rings (SSSR count). The molecule has 1 heterocycles. The molecular formula is C23H23BrN4O5. The number of aliphatic carboxylic acids is 1. The highest BCUT2D eigenvalue weighted by Crippen LogP contribution is 2.11. The van der Waals surface area contributed by atoms with Crippen molar-refractivity contribution in [2.24, 2.45) is 0 Å². The molecule has 0 unspecified atom stereocenters. The minimum Gasteiger partial charge on any atom is -0.480 e. The van der Waals surface area contributed by atoms with Crippen molar-refractivity contribution in [3.8, 4) is 0 Å². The molecule has 0 aliphatic heterocycles. The van der Waals surface area contributed by atoms with Crippen LogP contribution in [0.4, 0.5) is 4.79 Å². The van der Waals surface area contributed by atoms with Gasteiger partial charge < -0.3 is 25.5 Å². The van der Waals surface area contributed by atoms with Gasteiger partial charge in [0.2, 0.25) is 5.91 Å². The average Bonchev–Trinajstić information content (AvgIpc) is 3.31. The lowest BCUT2D eigenvalue weighted by molar-refractivity contribution is -0.142. The Kier molecular flexibility index (Phi) is 8.59. The summed E-state index contributed by atoms with van der Waals surface area (Å²) in [6.07, 6.45) is 2.32. The third-order valence-electron chi connectivity index (χ3n) is 4.77. The fourth-order valence-electron chi connectivity index (χ4n) is 3.06. The SMILES string of the molecule is O=C(N[C@@H](Cc1ccccc1)C(=O)N[C@@H](Cc1cnc[nH]1)C(=O)O)OCc1ccc(Br)cc1. The van der Waals surface area contributed by atoms with Crippen LogP contribution >= 0.6 is 15.9 Å². The number of hydrogen-bond acceptors (Lipinski definition) is 5. The van der Waals surface area contributed by atoms with Crippen LogP contribution in [0.25, 0.3) is 0 Å². The summed E-state index contributed by atoms with van der Waals surface area (Å²) < 4.78 is 6.15. The maximum atomic E-state index is 13.0. The number of rotatable bonds is 10. The molecule has 2 aromatic carbocycles. The first-order chi connectivity index (χ1) is 15.9. The number of carboxylic acids is 1. The fraction of sp³-hybridized carbons (Fsp3) is 0.217. The summed E-state index contributed by atoms with van der Waals surface area (Å²) in [6.45, 7) is 0.0242.